The molecule has 6 nitrogen and oxygen atoms in total. The first-order valence-electron chi connectivity index (χ1n) is 12.7. The van der Waals surface area contributed by atoms with Crippen LogP contribution in [0, 0.1) is 0 Å². The number of Topliss-reactive ketones (excluding diaryl/α,β-unsaturated/α-hetero) is 1. The van der Waals surface area contributed by atoms with E-state index in [2.05, 4.69) is 17.4 Å². The Morgan fingerprint density at radius 1 is 0.868 bits per heavy atom. The van der Waals surface area contributed by atoms with Gasteiger partial charge in [-0.05, 0) is 48.1 Å². The number of carbonyl (C=O) groups excluding carboxylic acids is 2. The Morgan fingerprint density at radius 3 is 2.24 bits per heavy atom. The minimum Gasteiger partial charge on any atom is -0.493 e. The van der Waals surface area contributed by atoms with Crippen molar-refractivity contribution in [2.45, 2.75) is 38.2 Å². The molecular weight excluding hydrogens is 478 g/mol. The first kappa shape index (κ1) is 25.3. The Labute approximate surface area is 222 Å². The second-order valence-electron chi connectivity index (χ2n) is 9.60. The average molecular weight is 510 g/mol. The molecule has 0 aromatic heterocycles. The Hall–Kier alpha value is -4.32. The molecule has 1 aliphatic heterocycles. The van der Waals surface area contributed by atoms with Crippen LogP contribution in [0.4, 0.5) is 0 Å². The Morgan fingerprint density at radius 2 is 1.55 bits per heavy atom. The minimum atomic E-state index is -0.585. The van der Waals surface area contributed by atoms with Gasteiger partial charge in [0.05, 0.1) is 19.8 Å². The van der Waals surface area contributed by atoms with Crippen molar-refractivity contribution in [3.63, 3.8) is 0 Å². The van der Waals surface area contributed by atoms with Gasteiger partial charge in [0.15, 0.2) is 17.3 Å². The molecule has 5 rings (SSSR count). The van der Waals surface area contributed by atoms with Gasteiger partial charge in [0.25, 0.3) is 0 Å². The number of benzene rings is 3. The molecule has 2 aliphatic rings. The third-order valence-corrected chi connectivity index (χ3v) is 7.27. The van der Waals surface area contributed by atoms with E-state index in [9.17, 15) is 9.59 Å². The van der Waals surface area contributed by atoms with Crippen LogP contribution in [0.15, 0.2) is 101 Å². The fraction of sp³-hybridized carbons (Fsp3) is 0.250. The molecular formula is C32H31NO5. The number of dihydropyridines is 1. The number of hydrogen-bond donors (Lipinski definition) is 1. The zero-order chi connectivity index (χ0) is 26.6. The Bertz CT molecular complexity index is 1410. The average Bonchev–Trinajstić information content (AvgIpc) is 2.95. The van der Waals surface area contributed by atoms with Gasteiger partial charge in [0.1, 0.15) is 6.61 Å². The van der Waals surface area contributed by atoms with E-state index in [1.165, 1.54) is 0 Å². The van der Waals surface area contributed by atoms with Crippen molar-refractivity contribution < 1.29 is 23.8 Å². The van der Waals surface area contributed by atoms with E-state index in [1.54, 1.807) is 20.3 Å². The van der Waals surface area contributed by atoms with Gasteiger partial charge >= 0.3 is 5.97 Å². The van der Waals surface area contributed by atoms with Gasteiger partial charge in [-0.1, -0.05) is 66.7 Å². The first-order valence-corrected chi connectivity index (χ1v) is 12.7. The van der Waals surface area contributed by atoms with Gasteiger partial charge in [-0.15, -0.1) is 0 Å². The molecule has 0 spiro atoms. The van der Waals surface area contributed by atoms with Crippen LogP contribution in [0.1, 0.15) is 48.3 Å². The number of methoxy groups -OCH3 is 2. The Balaban J connectivity index is 1.55. The fourth-order valence-corrected chi connectivity index (χ4v) is 5.44. The third-order valence-electron chi connectivity index (χ3n) is 7.27. The SMILES string of the molecule is COc1ccc([C@@H]2C(C(=O)OCc3ccccc3)=C(C)NC3=C2C(=O)C[C@H](c2ccccc2)C3)cc1OC. The van der Waals surface area contributed by atoms with Crippen LogP contribution in [0.2, 0.25) is 0 Å². The summed E-state index contributed by atoms with van der Waals surface area (Å²) >= 11 is 0. The lowest BCUT2D eigenvalue weighted by molar-refractivity contribution is -0.140. The summed E-state index contributed by atoms with van der Waals surface area (Å²) in [4.78, 5) is 27.4. The molecule has 1 aliphatic carbocycles. The maximum Gasteiger partial charge on any atom is 0.337 e. The quantitative estimate of drug-likeness (QED) is 0.405. The summed E-state index contributed by atoms with van der Waals surface area (Å²) in [5, 5.41) is 3.41. The van der Waals surface area contributed by atoms with Crippen LogP contribution in [-0.2, 0) is 20.9 Å². The number of carbonyl (C=O) groups is 2. The van der Waals surface area contributed by atoms with Gasteiger partial charge in [0.2, 0.25) is 0 Å². The topological polar surface area (TPSA) is 73.9 Å². The second kappa shape index (κ2) is 11.0. The maximum atomic E-state index is 13.8. The number of ether oxygens (including phenoxy) is 3. The fourth-order valence-electron chi connectivity index (χ4n) is 5.44. The van der Waals surface area contributed by atoms with Crippen LogP contribution in [0.25, 0.3) is 0 Å². The highest BCUT2D eigenvalue weighted by Crippen LogP contribution is 2.47. The van der Waals surface area contributed by atoms with E-state index >= 15 is 0 Å². The lowest BCUT2D eigenvalue weighted by Crippen LogP contribution is -2.36. The largest absolute Gasteiger partial charge is 0.493 e. The first-order chi connectivity index (χ1) is 18.5. The van der Waals surface area contributed by atoms with Gasteiger partial charge in [-0.2, -0.15) is 0 Å². The van der Waals surface area contributed by atoms with Gasteiger partial charge in [-0.25, -0.2) is 4.79 Å². The summed E-state index contributed by atoms with van der Waals surface area (Å²) < 4.78 is 16.8. The number of allylic oxidation sites excluding steroid dienone is 3. The maximum absolute atomic E-state index is 13.8. The monoisotopic (exact) mass is 509 g/mol. The number of esters is 1. The lowest BCUT2D eigenvalue weighted by Gasteiger charge is -2.36. The molecule has 1 heterocycles. The Kier molecular flexibility index (Phi) is 7.31. The van der Waals surface area contributed by atoms with Crippen LogP contribution in [-0.4, -0.2) is 26.0 Å². The summed E-state index contributed by atoms with van der Waals surface area (Å²) in [5.41, 5.74) is 5.38. The van der Waals surface area contributed by atoms with E-state index in [4.69, 9.17) is 14.2 Å². The molecule has 0 saturated carbocycles. The molecule has 3 aromatic carbocycles. The summed E-state index contributed by atoms with van der Waals surface area (Å²) in [5.74, 6) is 0.161. The van der Waals surface area contributed by atoms with Gasteiger partial charge in [0, 0.05) is 29.3 Å². The van der Waals surface area contributed by atoms with Crippen molar-refractivity contribution in [3.8, 4) is 11.5 Å². The molecule has 194 valence electrons. The van der Waals surface area contributed by atoms with Crippen molar-refractivity contribution in [2.75, 3.05) is 14.2 Å². The molecule has 0 radical (unpaired) electrons. The second-order valence-corrected chi connectivity index (χ2v) is 9.60. The van der Waals surface area contributed by atoms with Gasteiger partial charge < -0.3 is 19.5 Å². The van der Waals surface area contributed by atoms with Crippen molar-refractivity contribution in [2.24, 2.45) is 0 Å². The normalized spacial score (nSPS) is 19.0. The van der Waals surface area contributed by atoms with Crippen LogP contribution < -0.4 is 14.8 Å². The van der Waals surface area contributed by atoms with Crippen LogP contribution in [0.3, 0.4) is 0 Å². The van der Waals surface area contributed by atoms with Crippen LogP contribution >= 0.6 is 0 Å². The number of rotatable bonds is 7. The molecule has 0 bridgehead atoms. The smallest absolute Gasteiger partial charge is 0.337 e. The molecule has 2 atom stereocenters. The molecule has 0 saturated heterocycles. The highest BCUT2D eigenvalue weighted by Gasteiger charge is 2.41. The summed E-state index contributed by atoms with van der Waals surface area (Å²) in [6, 6.07) is 25.2. The van der Waals surface area contributed by atoms with Crippen molar-refractivity contribution in [3.05, 3.63) is 118 Å². The highest BCUT2D eigenvalue weighted by molar-refractivity contribution is 6.04. The molecule has 0 amide bonds. The van der Waals surface area contributed by atoms with E-state index in [-0.39, 0.29) is 18.3 Å². The van der Waals surface area contributed by atoms with E-state index < -0.39 is 11.9 Å². The van der Waals surface area contributed by atoms with Gasteiger partial charge in [-0.3, -0.25) is 4.79 Å². The summed E-state index contributed by atoms with van der Waals surface area (Å²) in [6.07, 6.45) is 1.05. The highest BCUT2D eigenvalue weighted by atomic mass is 16.5. The predicted molar refractivity (Wildman–Crippen MR) is 145 cm³/mol. The molecule has 0 fully saturated rings. The predicted octanol–water partition coefficient (Wildman–Crippen LogP) is 5.81. The number of nitrogens with one attached hydrogen (secondary N) is 1. The molecule has 38 heavy (non-hydrogen) atoms. The number of ketones is 1. The van der Waals surface area contributed by atoms with E-state index in [1.807, 2.05) is 67.6 Å². The molecule has 3 aromatic rings. The number of hydrogen-bond acceptors (Lipinski definition) is 6. The van der Waals surface area contributed by atoms with E-state index in [0.717, 1.165) is 22.4 Å². The molecule has 6 heteroatoms. The summed E-state index contributed by atoms with van der Waals surface area (Å²) in [6.45, 7) is 2.01. The zero-order valence-corrected chi connectivity index (χ0v) is 21.8. The van der Waals surface area contributed by atoms with Crippen LogP contribution in [0.5, 0.6) is 11.5 Å². The van der Waals surface area contributed by atoms with Crippen molar-refractivity contribution >= 4 is 11.8 Å². The molecule has 0 unspecified atom stereocenters. The zero-order valence-electron chi connectivity index (χ0n) is 21.8. The lowest BCUT2D eigenvalue weighted by atomic mass is 9.71. The molecule has 1 N–H and O–H groups in total. The van der Waals surface area contributed by atoms with Crippen molar-refractivity contribution in [1.29, 1.82) is 0 Å². The summed E-state index contributed by atoms with van der Waals surface area (Å²) in [7, 11) is 3.15. The minimum absolute atomic E-state index is 0.0215. The van der Waals surface area contributed by atoms with Crippen molar-refractivity contribution in [1.82, 2.24) is 5.32 Å². The third kappa shape index (κ3) is 4.94. The van der Waals surface area contributed by atoms with E-state index in [0.29, 0.717) is 41.2 Å². The standard InChI is InChI=1S/C32H31NO5/c1-20-29(32(35)38-19-21-10-6-4-7-11-21)30(23-14-15-27(36-2)28(18-23)37-3)31-25(33-20)16-24(17-26(31)34)22-12-8-5-9-13-22/h4-15,18,24,30,33H,16-17,19H2,1-3H3/t24-,30-/m1/s1.